The second-order valence-corrected chi connectivity index (χ2v) is 7.67. The molecule has 1 fully saturated rings. The van der Waals surface area contributed by atoms with Crippen molar-refractivity contribution in [1.82, 2.24) is 10.2 Å². The molecule has 1 aliphatic heterocycles. The summed E-state index contributed by atoms with van der Waals surface area (Å²) in [6.07, 6.45) is 0.428. The minimum absolute atomic E-state index is 0.00330. The lowest BCUT2D eigenvalue weighted by Crippen LogP contribution is -2.43. The highest BCUT2D eigenvalue weighted by Gasteiger charge is 2.23. The summed E-state index contributed by atoms with van der Waals surface area (Å²) in [5.74, 6) is -0.0834. The number of amides is 1. The number of benzene rings is 2. The van der Waals surface area contributed by atoms with E-state index in [2.05, 4.69) is 41.4 Å². The molecule has 1 N–H and O–H groups in total. The molecular formula is C24H30N2O3. The maximum absolute atomic E-state index is 12.4. The van der Waals surface area contributed by atoms with E-state index in [0.29, 0.717) is 25.3 Å². The number of Topliss-reactive ketones (excluding diaryl/α,β-unsaturated/α-hetero) is 1. The molecule has 5 heteroatoms. The Kier molecular flexibility index (Phi) is 7.55. The van der Waals surface area contributed by atoms with Gasteiger partial charge in [-0.1, -0.05) is 59.7 Å². The topological polar surface area (TPSA) is 58.6 Å². The number of carbonyl (C=O) groups is 2. The van der Waals surface area contributed by atoms with Crippen molar-refractivity contribution in [2.24, 2.45) is 0 Å². The summed E-state index contributed by atoms with van der Waals surface area (Å²) in [7, 11) is 0. The van der Waals surface area contributed by atoms with Crippen LogP contribution in [0.4, 0.5) is 0 Å². The van der Waals surface area contributed by atoms with Gasteiger partial charge in [-0.2, -0.15) is 0 Å². The van der Waals surface area contributed by atoms with Crippen molar-refractivity contribution in [3.8, 4) is 0 Å². The maximum Gasteiger partial charge on any atom is 0.220 e. The first-order valence-corrected chi connectivity index (χ1v) is 10.3. The van der Waals surface area contributed by atoms with Gasteiger partial charge in [0.25, 0.3) is 0 Å². The number of carbonyl (C=O) groups excluding carboxylic acids is 2. The van der Waals surface area contributed by atoms with Crippen LogP contribution in [0.3, 0.4) is 0 Å². The Morgan fingerprint density at radius 2 is 1.72 bits per heavy atom. The van der Waals surface area contributed by atoms with Crippen LogP contribution < -0.4 is 5.32 Å². The molecule has 3 rings (SSSR count). The SMILES string of the molecule is Cc1ccc(C(=O)CCC(=O)NCC(c2cccc(C)c2)N2CCOCC2)cc1. The molecule has 0 radical (unpaired) electrons. The molecule has 2 aromatic carbocycles. The van der Waals surface area contributed by atoms with E-state index >= 15 is 0 Å². The lowest BCUT2D eigenvalue weighted by atomic mass is 10.0. The molecule has 1 amide bonds. The zero-order valence-corrected chi connectivity index (χ0v) is 17.3. The average molecular weight is 395 g/mol. The van der Waals surface area contributed by atoms with Crippen molar-refractivity contribution in [2.75, 3.05) is 32.8 Å². The number of nitrogens with zero attached hydrogens (tertiary/aromatic N) is 1. The summed E-state index contributed by atoms with van der Waals surface area (Å²) in [5, 5.41) is 3.04. The van der Waals surface area contributed by atoms with Gasteiger partial charge in [-0.05, 0) is 19.4 Å². The maximum atomic E-state index is 12.4. The van der Waals surface area contributed by atoms with Crippen LogP contribution in [0.1, 0.15) is 45.9 Å². The van der Waals surface area contributed by atoms with Gasteiger partial charge in [-0.15, -0.1) is 0 Å². The smallest absolute Gasteiger partial charge is 0.220 e. The molecule has 0 aliphatic carbocycles. The minimum Gasteiger partial charge on any atom is -0.379 e. The van der Waals surface area contributed by atoms with Gasteiger partial charge in [0.2, 0.25) is 5.91 Å². The number of hydrogen-bond donors (Lipinski definition) is 1. The van der Waals surface area contributed by atoms with Gasteiger partial charge in [-0.3, -0.25) is 14.5 Å². The molecule has 1 aliphatic rings. The van der Waals surface area contributed by atoms with Crippen LogP contribution in [-0.2, 0) is 9.53 Å². The molecule has 2 aromatic rings. The minimum atomic E-state index is -0.0867. The van der Waals surface area contributed by atoms with E-state index in [1.807, 2.05) is 31.2 Å². The van der Waals surface area contributed by atoms with Crippen LogP contribution in [0, 0.1) is 13.8 Å². The lowest BCUT2D eigenvalue weighted by molar-refractivity contribution is -0.121. The Morgan fingerprint density at radius 1 is 1.00 bits per heavy atom. The second kappa shape index (κ2) is 10.3. The fraction of sp³-hybridized carbons (Fsp3) is 0.417. The number of ether oxygens (including phenoxy) is 1. The molecule has 0 aromatic heterocycles. The zero-order chi connectivity index (χ0) is 20.6. The Bertz CT molecular complexity index is 826. The molecule has 1 heterocycles. The van der Waals surface area contributed by atoms with Gasteiger partial charge in [-0.25, -0.2) is 0 Å². The Balaban J connectivity index is 1.56. The fourth-order valence-corrected chi connectivity index (χ4v) is 3.63. The average Bonchev–Trinajstić information content (AvgIpc) is 2.73. The Labute approximate surface area is 173 Å². The lowest BCUT2D eigenvalue weighted by Gasteiger charge is -2.35. The first-order valence-electron chi connectivity index (χ1n) is 10.3. The van der Waals surface area contributed by atoms with Gasteiger partial charge >= 0.3 is 0 Å². The summed E-state index contributed by atoms with van der Waals surface area (Å²) in [6.45, 7) is 7.71. The highest BCUT2D eigenvalue weighted by atomic mass is 16.5. The molecule has 29 heavy (non-hydrogen) atoms. The van der Waals surface area contributed by atoms with E-state index in [4.69, 9.17) is 4.74 Å². The Morgan fingerprint density at radius 3 is 2.41 bits per heavy atom. The third kappa shape index (κ3) is 6.24. The van der Waals surface area contributed by atoms with Gasteiger partial charge in [0.05, 0.1) is 19.3 Å². The number of aryl methyl sites for hydroxylation is 2. The van der Waals surface area contributed by atoms with Crippen molar-refractivity contribution < 1.29 is 14.3 Å². The predicted octanol–water partition coefficient (Wildman–Crippen LogP) is 3.46. The first-order chi connectivity index (χ1) is 14.0. The molecule has 0 bridgehead atoms. The van der Waals surface area contributed by atoms with E-state index in [1.54, 1.807) is 0 Å². The fourth-order valence-electron chi connectivity index (χ4n) is 3.63. The molecule has 0 saturated carbocycles. The van der Waals surface area contributed by atoms with E-state index in [0.717, 1.165) is 18.7 Å². The Hall–Kier alpha value is -2.50. The standard InChI is InChI=1S/C24H30N2O3/c1-18-6-8-20(9-7-18)23(27)10-11-24(28)25-17-22(26-12-14-29-15-13-26)21-5-3-4-19(2)16-21/h3-9,16,22H,10-15,17H2,1-2H3,(H,25,28). The summed E-state index contributed by atoms with van der Waals surface area (Å²) in [6, 6.07) is 16.0. The molecule has 1 saturated heterocycles. The largest absolute Gasteiger partial charge is 0.379 e. The predicted molar refractivity (Wildman–Crippen MR) is 114 cm³/mol. The van der Waals surface area contributed by atoms with Crippen molar-refractivity contribution in [3.63, 3.8) is 0 Å². The normalized spacial score (nSPS) is 15.7. The van der Waals surface area contributed by atoms with Crippen LogP contribution in [0.15, 0.2) is 48.5 Å². The zero-order valence-electron chi connectivity index (χ0n) is 17.3. The van der Waals surface area contributed by atoms with Crippen LogP contribution in [0.25, 0.3) is 0 Å². The first kappa shape index (κ1) is 21.2. The van der Waals surface area contributed by atoms with Crippen LogP contribution in [-0.4, -0.2) is 49.4 Å². The number of morpholine rings is 1. The van der Waals surface area contributed by atoms with Crippen molar-refractivity contribution in [3.05, 3.63) is 70.8 Å². The third-order valence-electron chi connectivity index (χ3n) is 5.36. The summed E-state index contributed by atoms with van der Waals surface area (Å²) >= 11 is 0. The van der Waals surface area contributed by atoms with Gasteiger partial charge in [0.1, 0.15) is 0 Å². The molecule has 0 spiro atoms. The molecule has 1 atom stereocenters. The van der Waals surface area contributed by atoms with Gasteiger partial charge in [0.15, 0.2) is 5.78 Å². The second-order valence-electron chi connectivity index (χ2n) is 7.67. The van der Waals surface area contributed by atoms with Crippen molar-refractivity contribution >= 4 is 11.7 Å². The quantitative estimate of drug-likeness (QED) is 0.697. The number of ketones is 1. The van der Waals surface area contributed by atoms with Crippen LogP contribution in [0.5, 0.6) is 0 Å². The highest BCUT2D eigenvalue weighted by molar-refractivity contribution is 5.97. The number of hydrogen-bond acceptors (Lipinski definition) is 4. The van der Waals surface area contributed by atoms with E-state index in [1.165, 1.54) is 11.1 Å². The van der Waals surface area contributed by atoms with Gasteiger partial charge in [0, 0.05) is 38.0 Å². The van der Waals surface area contributed by atoms with Gasteiger partial charge < -0.3 is 10.1 Å². The molecule has 5 nitrogen and oxygen atoms in total. The summed E-state index contributed by atoms with van der Waals surface area (Å²) < 4.78 is 5.48. The third-order valence-corrected chi connectivity index (χ3v) is 5.36. The number of rotatable bonds is 8. The van der Waals surface area contributed by atoms with Crippen molar-refractivity contribution in [2.45, 2.75) is 32.7 Å². The van der Waals surface area contributed by atoms with Crippen LogP contribution >= 0.6 is 0 Å². The monoisotopic (exact) mass is 394 g/mol. The molecule has 154 valence electrons. The molecule has 1 unspecified atom stereocenters. The molecular weight excluding hydrogens is 364 g/mol. The highest BCUT2D eigenvalue weighted by Crippen LogP contribution is 2.22. The van der Waals surface area contributed by atoms with E-state index in [-0.39, 0.29) is 30.6 Å². The summed E-state index contributed by atoms with van der Waals surface area (Å²) in [5.41, 5.74) is 4.18. The van der Waals surface area contributed by atoms with Crippen LogP contribution in [0.2, 0.25) is 0 Å². The van der Waals surface area contributed by atoms with Crippen molar-refractivity contribution in [1.29, 1.82) is 0 Å². The summed E-state index contributed by atoms with van der Waals surface area (Å²) in [4.78, 5) is 27.1. The number of nitrogens with one attached hydrogen (secondary N) is 1. The van der Waals surface area contributed by atoms with E-state index < -0.39 is 0 Å². The van der Waals surface area contributed by atoms with E-state index in [9.17, 15) is 9.59 Å².